The molecule has 1 amide bonds. The predicted molar refractivity (Wildman–Crippen MR) is 86.0 cm³/mol. The summed E-state index contributed by atoms with van der Waals surface area (Å²) >= 11 is 2.05. The van der Waals surface area contributed by atoms with E-state index in [4.69, 9.17) is 5.73 Å². The summed E-state index contributed by atoms with van der Waals surface area (Å²) in [5, 5.41) is 3.15. The summed E-state index contributed by atoms with van der Waals surface area (Å²) in [4.78, 5) is 14.6. The number of hydrogen-bond donors (Lipinski definition) is 2. The van der Waals surface area contributed by atoms with Crippen LogP contribution in [0.2, 0.25) is 0 Å². The molecule has 1 saturated heterocycles. The van der Waals surface area contributed by atoms with Crippen LogP contribution in [0.3, 0.4) is 0 Å². The van der Waals surface area contributed by atoms with Crippen LogP contribution in [0.1, 0.15) is 45.4 Å². The summed E-state index contributed by atoms with van der Waals surface area (Å²) in [6.07, 6.45) is 6.84. The van der Waals surface area contributed by atoms with E-state index < -0.39 is 0 Å². The summed E-state index contributed by atoms with van der Waals surface area (Å²) in [5.74, 6) is 2.57. The highest BCUT2D eigenvalue weighted by molar-refractivity contribution is 7.99. The first-order valence-corrected chi connectivity index (χ1v) is 9.13. The predicted octanol–water partition coefficient (Wildman–Crippen LogP) is 1.59. The van der Waals surface area contributed by atoms with Gasteiger partial charge in [0.1, 0.15) is 0 Å². The van der Waals surface area contributed by atoms with Crippen molar-refractivity contribution in [1.29, 1.82) is 0 Å². The molecule has 0 aromatic rings. The Morgan fingerprint density at radius 2 is 1.95 bits per heavy atom. The SMILES string of the molecule is CC(N)CC(=O)NCC1(N2CCSCC2)CCCCC1. The molecular formula is C15H29N3OS. The average molecular weight is 299 g/mol. The number of nitrogens with zero attached hydrogens (tertiary/aromatic N) is 1. The van der Waals surface area contributed by atoms with E-state index in [1.165, 1.54) is 56.7 Å². The highest BCUT2D eigenvalue weighted by atomic mass is 32.2. The Morgan fingerprint density at radius 1 is 1.30 bits per heavy atom. The van der Waals surface area contributed by atoms with Crippen molar-refractivity contribution in [2.24, 2.45) is 5.73 Å². The smallest absolute Gasteiger partial charge is 0.221 e. The molecule has 2 rings (SSSR count). The van der Waals surface area contributed by atoms with Gasteiger partial charge in [-0.25, -0.2) is 0 Å². The van der Waals surface area contributed by atoms with E-state index >= 15 is 0 Å². The molecule has 2 aliphatic rings. The van der Waals surface area contributed by atoms with Gasteiger partial charge in [-0.05, 0) is 19.8 Å². The number of nitrogens with one attached hydrogen (secondary N) is 1. The van der Waals surface area contributed by atoms with E-state index in [-0.39, 0.29) is 17.5 Å². The fourth-order valence-electron chi connectivity index (χ4n) is 3.48. The molecule has 5 heteroatoms. The van der Waals surface area contributed by atoms with Crippen molar-refractivity contribution in [3.8, 4) is 0 Å². The van der Waals surface area contributed by atoms with E-state index in [9.17, 15) is 4.79 Å². The standard InChI is InChI=1S/C15H29N3OS/c1-13(16)11-14(19)17-12-15(5-3-2-4-6-15)18-7-9-20-10-8-18/h13H,2-12,16H2,1H3,(H,17,19). The molecule has 0 spiro atoms. The zero-order chi connectivity index (χ0) is 14.4. The summed E-state index contributed by atoms with van der Waals surface area (Å²) in [6.45, 7) is 5.04. The number of hydrogen-bond acceptors (Lipinski definition) is 4. The quantitative estimate of drug-likeness (QED) is 0.809. The van der Waals surface area contributed by atoms with Crippen molar-refractivity contribution in [2.45, 2.75) is 57.0 Å². The summed E-state index contributed by atoms with van der Waals surface area (Å²) in [7, 11) is 0. The van der Waals surface area contributed by atoms with E-state index in [0.717, 1.165) is 6.54 Å². The number of thioether (sulfide) groups is 1. The zero-order valence-electron chi connectivity index (χ0n) is 12.7. The number of amides is 1. The topological polar surface area (TPSA) is 58.4 Å². The highest BCUT2D eigenvalue weighted by Crippen LogP contribution is 2.34. The van der Waals surface area contributed by atoms with Crippen LogP contribution in [0.4, 0.5) is 0 Å². The summed E-state index contributed by atoms with van der Waals surface area (Å²) < 4.78 is 0. The van der Waals surface area contributed by atoms with Gasteiger partial charge >= 0.3 is 0 Å². The maximum absolute atomic E-state index is 11.9. The summed E-state index contributed by atoms with van der Waals surface area (Å²) in [6, 6.07) is -0.0521. The molecule has 20 heavy (non-hydrogen) atoms. The van der Waals surface area contributed by atoms with Crippen LogP contribution >= 0.6 is 11.8 Å². The maximum Gasteiger partial charge on any atom is 0.221 e. The lowest BCUT2D eigenvalue weighted by atomic mass is 9.80. The lowest BCUT2D eigenvalue weighted by Gasteiger charge is -2.48. The Morgan fingerprint density at radius 3 is 2.55 bits per heavy atom. The van der Waals surface area contributed by atoms with Gasteiger partial charge in [-0.15, -0.1) is 0 Å². The van der Waals surface area contributed by atoms with Gasteiger partial charge in [-0.2, -0.15) is 11.8 Å². The molecule has 1 saturated carbocycles. The van der Waals surface area contributed by atoms with Crippen LogP contribution in [0.25, 0.3) is 0 Å². The number of nitrogens with two attached hydrogens (primary N) is 1. The minimum Gasteiger partial charge on any atom is -0.354 e. The molecule has 1 aliphatic carbocycles. The van der Waals surface area contributed by atoms with Crippen LogP contribution in [0, 0.1) is 0 Å². The van der Waals surface area contributed by atoms with Gasteiger partial charge in [0.15, 0.2) is 0 Å². The van der Waals surface area contributed by atoms with Crippen molar-refractivity contribution in [1.82, 2.24) is 10.2 Å². The van der Waals surface area contributed by atoms with Crippen LogP contribution in [0.15, 0.2) is 0 Å². The molecule has 0 aromatic heterocycles. The highest BCUT2D eigenvalue weighted by Gasteiger charge is 2.38. The molecule has 0 aromatic carbocycles. The molecule has 1 atom stereocenters. The van der Waals surface area contributed by atoms with Crippen LogP contribution < -0.4 is 11.1 Å². The molecule has 1 heterocycles. The monoisotopic (exact) mass is 299 g/mol. The maximum atomic E-state index is 11.9. The molecule has 0 bridgehead atoms. The Balaban J connectivity index is 1.94. The van der Waals surface area contributed by atoms with Gasteiger partial charge in [0, 0.05) is 49.1 Å². The number of carbonyl (C=O) groups is 1. The zero-order valence-corrected chi connectivity index (χ0v) is 13.5. The second-order valence-electron chi connectivity index (χ2n) is 6.34. The lowest BCUT2D eigenvalue weighted by molar-refractivity contribution is -0.122. The molecule has 1 aliphatic heterocycles. The molecule has 116 valence electrons. The molecular weight excluding hydrogens is 270 g/mol. The average Bonchev–Trinajstić information content (AvgIpc) is 2.46. The molecule has 4 nitrogen and oxygen atoms in total. The van der Waals surface area contributed by atoms with Crippen LogP contribution in [-0.2, 0) is 4.79 Å². The van der Waals surface area contributed by atoms with E-state index in [2.05, 4.69) is 10.2 Å². The van der Waals surface area contributed by atoms with E-state index in [1.807, 2.05) is 18.7 Å². The van der Waals surface area contributed by atoms with Crippen molar-refractivity contribution < 1.29 is 4.79 Å². The number of carbonyl (C=O) groups excluding carboxylic acids is 1. The Bertz CT molecular complexity index is 310. The third-order valence-electron chi connectivity index (χ3n) is 4.59. The van der Waals surface area contributed by atoms with E-state index in [0.29, 0.717) is 6.42 Å². The Hall–Kier alpha value is -0.260. The third kappa shape index (κ3) is 4.37. The van der Waals surface area contributed by atoms with Gasteiger partial charge in [-0.3, -0.25) is 9.69 Å². The Labute approximate surface area is 127 Å². The molecule has 2 fully saturated rings. The third-order valence-corrected chi connectivity index (χ3v) is 5.53. The second-order valence-corrected chi connectivity index (χ2v) is 7.57. The second kappa shape index (κ2) is 7.66. The van der Waals surface area contributed by atoms with Crippen molar-refractivity contribution >= 4 is 17.7 Å². The molecule has 1 unspecified atom stereocenters. The lowest BCUT2D eigenvalue weighted by Crippen LogP contribution is -2.59. The largest absolute Gasteiger partial charge is 0.354 e. The minimum atomic E-state index is -0.0521. The first-order chi connectivity index (χ1) is 9.62. The molecule has 3 N–H and O–H groups in total. The van der Waals surface area contributed by atoms with Crippen molar-refractivity contribution in [2.75, 3.05) is 31.1 Å². The minimum absolute atomic E-state index is 0.0521. The first kappa shape index (κ1) is 16.1. The van der Waals surface area contributed by atoms with Crippen molar-refractivity contribution in [3.05, 3.63) is 0 Å². The Kier molecular flexibility index (Phi) is 6.18. The fourth-order valence-corrected chi connectivity index (χ4v) is 4.38. The van der Waals surface area contributed by atoms with Gasteiger partial charge in [0.05, 0.1) is 0 Å². The fraction of sp³-hybridized carbons (Fsp3) is 0.933. The van der Waals surface area contributed by atoms with Crippen molar-refractivity contribution in [3.63, 3.8) is 0 Å². The van der Waals surface area contributed by atoms with E-state index in [1.54, 1.807) is 0 Å². The molecule has 0 radical (unpaired) electrons. The first-order valence-electron chi connectivity index (χ1n) is 7.97. The van der Waals surface area contributed by atoms with Crippen LogP contribution in [0.5, 0.6) is 0 Å². The number of rotatable bonds is 5. The summed E-state index contributed by atoms with van der Waals surface area (Å²) in [5.41, 5.74) is 5.92. The normalized spacial score (nSPS) is 25.1. The van der Waals surface area contributed by atoms with Gasteiger partial charge in [0.25, 0.3) is 0 Å². The van der Waals surface area contributed by atoms with Gasteiger partial charge < -0.3 is 11.1 Å². The van der Waals surface area contributed by atoms with Gasteiger partial charge in [-0.1, -0.05) is 19.3 Å². The van der Waals surface area contributed by atoms with Gasteiger partial charge in [0.2, 0.25) is 5.91 Å². The van der Waals surface area contributed by atoms with Crippen LogP contribution in [-0.4, -0.2) is 53.5 Å².